The lowest BCUT2D eigenvalue weighted by molar-refractivity contribution is 0.598. The van der Waals surface area contributed by atoms with Crippen LogP contribution < -0.4 is 0 Å². The average molecular weight is 484 g/mol. The molecule has 0 bridgehead atoms. The topological polar surface area (TPSA) is 47.0 Å². The maximum atomic E-state index is 12.1. The number of hydrogen-bond donors (Lipinski definition) is 0. The number of hydrogen-bond acceptors (Lipinski definition) is 4. The number of sulfone groups is 1. The molecule has 0 aliphatic heterocycles. The smallest absolute Gasteiger partial charge is 0.225 e. The molecule has 1 heterocycles. The Morgan fingerprint density at radius 2 is 1.94 bits per heavy atom. The second-order valence-electron chi connectivity index (χ2n) is 3.04. The highest BCUT2D eigenvalue weighted by atomic mass is 80.0. The Balaban J connectivity index is 2.66. The van der Waals surface area contributed by atoms with Crippen molar-refractivity contribution in [3.63, 3.8) is 0 Å². The van der Waals surface area contributed by atoms with E-state index < -0.39 is 11.3 Å². The van der Waals surface area contributed by atoms with Gasteiger partial charge in [0.2, 0.25) is 15.7 Å². The maximum absolute atomic E-state index is 12.1. The van der Waals surface area contributed by atoms with Crippen molar-refractivity contribution in [2.75, 3.05) is 0 Å². The van der Waals surface area contributed by atoms with Gasteiger partial charge < -0.3 is 0 Å². The van der Waals surface area contributed by atoms with Crippen LogP contribution in [0, 0.1) is 0 Å². The third kappa shape index (κ3) is 2.71. The molecule has 0 unspecified atom stereocenters. The molecule has 1 aromatic heterocycles. The summed E-state index contributed by atoms with van der Waals surface area (Å²) in [6.07, 6.45) is 0. The Morgan fingerprint density at radius 3 is 2.53 bits per heavy atom. The number of alkyl halides is 3. The predicted molar refractivity (Wildman–Crippen MR) is 81.3 cm³/mol. The van der Waals surface area contributed by atoms with Crippen LogP contribution >= 0.6 is 70.7 Å². The Hall–Kier alpha value is 0.790. The molecule has 0 saturated carbocycles. The highest BCUT2D eigenvalue weighted by molar-refractivity contribution is 9.42. The average Bonchev–Trinajstić information content (AvgIpc) is 2.58. The van der Waals surface area contributed by atoms with Crippen molar-refractivity contribution < 1.29 is 8.42 Å². The van der Waals surface area contributed by atoms with Crippen molar-refractivity contribution >= 4 is 90.8 Å². The minimum atomic E-state index is -3.64. The lowest BCUT2D eigenvalue weighted by atomic mass is 10.3. The molecule has 2 rings (SSSR count). The quantitative estimate of drug-likeness (QED) is 0.560. The van der Waals surface area contributed by atoms with Gasteiger partial charge in [-0.2, -0.15) is 0 Å². The molecule has 17 heavy (non-hydrogen) atoms. The molecule has 0 N–H and O–H groups in total. The summed E-state index contributed by atoms with van der Waals surface area (Å²) in [6.45, 7) is 0. The molecule has 0 radical (unpaired) electrons. The van der Waals surface area contributed by atoms with Crippen LogP contribution in [0.3, 0.4) is 0 Å². The fourth-order valence-corrected chi connectivity index (χ4v) is 5.78. The number of aromatic nitrogens is 1. The van der Waals surface area contributed by atoms with Crippen molar-refractivity contribution in [2.24, 2.45) is 0 Å². The van der Waals surface area contributed by atoms with E-state index in [2.05, 4.69) is 52.8 Å². The minimum Gasteiger partial charge on any atom is -0.225 e. The van der Waals surface area contributed by atoms with E-state index in [-0.39, 0.29) is 4.34 Å². The summed E-state index contributed by atoms with van der Waals surface area (Å²) in [5.41, 5.74) is 0.567. The van der Waals surface area contributed by atoms with Gasteiger partial charge in [-0.05, 0) is 66.0 Å². The van der Waals surface area contributed by atoms with Gasteiger partial charge in [0.05, 0.1) is 10.2 Å². The highest BCUT2D eigenvalue weighted by Crippen LogP contribution is 2.44. The van der Waals surface area contributed by atoms with Gasteiger partial charge in [0.1, 0.15) is 0 Å². The van der Waals surface area contributed by atoms with Crippen LogP contribution in [0.5, 0.6) is 0 Å². The summed E-state index contributed by atoms with van der Waals surface area (Å²) >= 11 is 15.9. The Labute approximate surface area is 132 Å². The van der Waals surface area contributed by atoms with Crippen LogP contribution in [0.2, 0.25) is 5.02 Å². The molecule has 9 heteroatoms. The number of benzene rings is 1. The zero-order valence-electron chi connectivity index (χ0n) is 7.82. The number of thiazole rings is 1. The minimum absolute atomic E-state index is 0.0143. The van der Waals surface area contributed by atoms with Gasteiger partial charge in [-0.1, -0.05) is 11.6 Å². The summed E-state index contributed by atoms with van der Waals surface area (Å²) in [6, 6.07) is 5.07. The van der Waals surface area contributed by atoms with E-state index in [4.69, 9.17) is 11.6 Å². The molecule has 1 aromatic carbocycles. The second kappa shape index (κ2) is 4.72. The van der Waals surface area contributed by atoms with E-state index >= 15 is 0 Å². The Kier molecular flexibility index (Phi) is 3.94. The summed E-state index contributed by atoms with van der Waals surface area (Å²) in [4.78, 5) is 4.07. The standard InChI is InChI=1S/C8H3Br3ClNO2S2/c9-8(10,11)17(14,15)7-13-5-3-4(12)1-2-6(5)16-7/h1-3H. The van der Waals surface area contributed by atoms with Gasteiger partial charge >= 0.3 is 0 Å². The van der Waals surface area contributed by atoms with Gasteiger partial charge in [-0.15, -0.1) is 11.3 Å². The van der Waals surface area contributed by atoms with Crippen LogP contribution in [0.25, 0.3) is 10.2 Å². The zero-order valence-corrected chi connectivity index (χ0v) is 15.0. The third-order valence-corrected chi connectivity index (χ3v) is 8.84. The molecule has 0 aliphatic carbocycles. The zero-order chi connectivity index (χ0) is 12.8. The lowest BCUT2D eigenvalue weighted by Gasteiger charge is -2.09. The van der Waals surface area contributed by atoms with E-state index in [9.17, 15) is 8.42 Å². The number of rotatable bonds is 1. The van der Waals surface area contributed by atoms with Crippen molar-refractivity contribution in [1.82, 2.24) is 4.98 Å². The number of fused-ring (bicyclic) bond motifs is 1. The molecule has 0 saturated heterocycles. The van der Waals surface area contributed by atoms with Gasteiger partial charge in [0, 0.05) is 5.02 Å². The molecule has 2 aromatic rings. The lowest BCUT2D eigenvalue weighted by Crippen LogP contribution is -2.17. The van der Waals surface area contributed by atoms with Crippen LogP contribution in [0.1, 0.15) is 0 Å². The first-order chi connectivity index (χ1) is 7.72. The SMILES string of the molecule is O=S(=O)(c1nc2cc(Cl)ccc2s1)C(Br)(Br)Br. The Morgan fingerprint density at radius 1 is 1.29 bits per heavy atom. The first kappa shape index (κ1) is 14.2. The van der Waals surface area contributed by atoms with Gasteiger partial charge in [0.15, 0.2) is 0 Å². The van der Waals surface area contributed by atoms with E-state index in [0.717, 1.165) is 16.0 Å². The van der Waals surface area contributed by atoms with Crippen molar-refractivity contribution in [1.29, 1.82) is 0 Å². The first-order valence-electron chi connectivity index (χ1n) is 4.09. The van der Waals surface area contributed by atoms with E-state index in [1.807, 2.05) is 0 Å². The molecule has 0 spiro atoms. The van der Waals surface area contributed by atoms with Gasteiger partial charge in [-0.25, -0.2) is 13.4 Å². The molecule has 0 atom stereocenters. The van der Waals surface area contributed by atoms with Crippen molar-refractivity contribution in [3.8, 4) is 0 Å². The van der Waals surface area contributed by atoms with Crippen LogP contribution in [0.15, 0.2) is 22.5 Å². The van der Waals surface area contributed by atoms with Gasteiger partial charge in [-0.3, -0.25) is 0 Å². The highest BCUT2D eigenvalue weighted by Gasteiger charge is 2.39. The first-order valence-corrected chi connectivity index (χ1v) is 9.15. The third-order valence-electron chi connectivity index (χ3n) is 1.86. The van der Waals surface area contributed by atoms with Crippen molar-refractivity contribution in [3.05, 3.63) is 23.2 Å². The molecule has 0 fully saturated rings. The molecule has 0 amide bonds. The summed E-state index contributed by atoms with van der Waals surface area (Å²) in [5.74, 6) is 0. The van der Waals surface area contributed by atoms with E-state index in [1.54, 1.807) is 18.2 Å². The predicted octanol–water partition coefficient (Wildman–Crippen LogP) is 4.52. The summed E-state index contributed by atoms with van der Waals surface area (Å²) < 4.78 is 23.5. The molecule has 92 valence electrons. The summed E-state index contributed by atoms with van der Waals surface area (Å²) in [7, 11) is -3.64. The van der Waals surface area contributed by atoms with Crippen molar-refractivity contribution in [2.45, 2.75) is 5.81 Å². The molecular formula is C8H3Br3ClNO2S2. The Bertz CT molecular complexity index is 678. The fourth-order valence-electron chi connectivity index (χ4n) is 1.09. The molecular weight excluding hydrogens is 481 g/mol. The largest absolute Gasteiger partial charge is 0.241 e. The second-order valence-corrected chi connectivity index (χ2v) is 15.1. The van der Waals surface area contributed by atoms with Gasteiger partial charge in [0.25, 0.3) is 0 Å². The molecule has 3 nitrogen and oxygen atoms in total. The van der Waals surface area contributed by atoms with Crippen LogP contribution in [-0.4, -0.2) is 14.9 Å². The van der Waals surface area contributed by atoms with E-state index in [0.29, 0.717) is 10.5 Å². The normalized spacial score (nSPS) is 13.2. The monoisotopic (exact) mass is 481 g/mol. The summed E-state index contributed by atoms with van der Waals surface area (Å²) in [5, 5.41) is 0.523. The van der Waals surface area contributed by atoms with Crippen LogP contribution in [0.4, 0.5) is 0 Å². The number of nitrogens with zero attached hydrogens (tertiary/aromatic N) is 1. The fraction of sp³-hybridized carbons (Fsp3) is 0.125. The van der Waals surface area contributed by atoms with E-state index in [1.165, 1.54) is 0 Å². The molecule has 0 aliphatic rings. The number of halogens is 4. The maximum Gasteiger partial charge on any atom is 0.241 e. The van der Waals surface area contributed by atoms with Crippen LogP contribution in [-0.2, 0) is 9.84 Å².